The molecule has 2 N–H and O–H groups in total. The van der Waals surface area contributed by atoms with Gasteiger partial charge in [0, 0.05) is 18.0 Å². The van der Waals surface area contributed by atoms with Crippen molar-refractivity contribution >= 4 is 17.6 Å². The van der Waals surface area contributed by atoms with Crippen LogP contribution in [0.1, 0.15) is 59.8 Å². The highest BCUT2D eigenvalue weighted by Gasteiger charge is 2.51. The molecule has 0 unspecified atom stereocenters. The van der Waals surface area contributed by atoms with Gasteiger partial charge in [0.15, 0.2) is 11.6 Å². The van der Waals surface area contributed by atoms with Crippen molar-refractivity contribution in [1.29, 1.82) is 0 Å². The van der Waals surface area contributed by atoms with Gasteiger partial charge in [0.2, 0.25) is 5.76 Å². The lowest BCUT2D eigenvalue weighted by atomic mass is 9.62. The summed E-state index contributed by atoms with van der Waals surface area (Å²) >= 11 is 0. The molecule has 1 amide bonds. The van der Waals surface area contributed by atoms with Crippen LogP contribution in [-0.2, 0) is 21.1 Å². The highest BCUT2D eigenvalue weighted by atomic mass is 19.4. The van der Waals surface area contributed by atoms with Crippen LogP contribution < -0.4 is 5.32 Å². The number of rotatable bonds is 6. The number of halogens is 3. The van der Waals surface area contributed by atoms with Crippen LogP contribution >= 0.6 is 0 Å². The number of nitrogens with zero attached hydrogens (tertiary/aromatic N) is 1. The zero-order chi connectivity index (χ0) is 26.4. The largest absolute Gasteiger partial charge is 0.481 e. The number of hydrogen-bond donors (Lipinski definition) is 2. The summed E-state index contributed by atoms with van der Waals surface area (Å²) < 4.78 is 50.0. The van der Waals surface area contributed by atoms with Gasteiger partial charge < -0.3 is 19.6 Å². The van der Waals surface area contributed by atoms with Crippen molar-refractivity contribution < 1.29 is 37.0 Å². The molecule has 3 aliphatic rings. The summed E-state index contributed by atoms with van der Waals surface area (Å²) in [5, 5.41) is 11.6. The molecule has 1 aliphatic carbocycles. The molecule has 6 rings (SSSR count). The zero-order valence-electron chi connectivity index (χ0n) is 20.0. The lowest BCUT2D eigenvalue weighted by molar-refractivity contribution is -0.175. The summed E-state index contributed by atoms with van der Waals surface area (Å²) in [5.74, 6) is -3.50. The summed E-state index contributed by atoms with van der Waals surface area (Å²) in [6.07, 6.45) is -1.56. The maximum Gasteiger partial charge on any atom is 0.452 e. The van der Waals surface area contributed by atoms with Gasteiger partial charge in [-0.05, 0) is 54.5 Å². The van der Waals surface area contributed by atoms with E-state index < -0.39 is 35.1 Å². The summed E-state index contributed by atoms with van der Waals surface area (Å²) in [7, 11) is 0. The molecule has 7 nitrogen and oxygen atoms in total. The quantitative estimate of drug-likeness (QED) is 0.420. The second-order valence-corrected chi connectivity index (χ2v) is 9.84. The molecule has 0 radical (unpaired) electrons. The average Bonchev–Trinajstić information content (AvgIpc) is 3.28. The van der Waals surface area contributed by atoms with Gasteiger partial charge in [-0.3, -0.25) is 9.59 Å². The maximum atomic E-state index is 13.1. The van der Waals surface area contributed by atoms with Gasteiger partial charge in [-0.25, -0.2) is 4.98 Å². The standard InChI is InChI=1S/C27H25F3N2O5/c1-16-31-22(23(37-16)27(28,29)30)24(35)32-20-8-4-18(5-9-20)17-2-6-19(7-3-17)25-10-12-26(13-11-25,36-15-25)14-21(33)34/h2-9H,10-15H2,1H3,(H,32,35)(H,33,34). The van der Waals surface area contributed by atoms with Crippen LogP contribution in [0.4, 0.5) is 18.9 Å². The summed E-state index contributed by atoms with van der Waals surface area (Å²) in [6.45, 7) is 1.75. The number of anilines is 1. The number of benzene rings is 2. The zero-order valence-corrected chi connectivity index (χ0v) is 20.0. The third kappa shape index (κ3) is 4.85. The molecule has 1 saturated carbocycles. The van der Waals surface area contributed by atoms with E-state index >= 15 is 0 Å². The average molecular weight is 515 g/mol. The van der Waals surface area contributed by atoms with Crippen LogP contribution in [0, 0.1) is 6.92 Å². The molecule has 0 atom stereocenters. The first-order chi connectivity index (χ1) is 17.5. The first-order valence-electron chi connectivity index (χ1n) is 11.9. The van der Waals surface area contributed by atoms with Gasteiger partial charge in [-0.2, -0.15) is 13.2 Å². The molecule has 2 aromatic carbocycles. The number of aryl methyl sites for hydroxylation is 1. The number of carboxylic acid groups (broad SMARTS) is 1. The van der Waals surface area contributed by atoms with Crippen molar-refractivity contribution in [2.75, 3.05) is 11.9 Å². The predicted molar refractivity (Wildman–Crippen MR) is 127 cm³/mol. The van der Waals surface area contributed by atoms with Crippen molar-refractivity contribution in [1.82, 2.24) is 4.98 Å². The van der Waals surface area contributed by atoms with Gasteiger partial charge >= 0.3 is 12.1 Å². The van der Waals surface area contributed by atoms with E-state index in [4.69, 9.17) is 4.74 Å². The van der Waals surface area contributed by atoms with Crippen LogP contribution in [0.5, 0.6) is 0 Å². The lowest BCUT2D eigenvalue weighted by Gasteiger charge is -2.53. The number of oxazole rings is 1. The minimum absolute atomic E-state index is 0.0419. The normalized spacial score (nSPS) is 23.1. The molecule has 3 heterocycles. The smallest absolute Gasteiger partial charge is 0.452 e. The second kappa shape index (κ2) is 9.02. The third-order valence-electron chi connectivity index (χ3n) is 7.43. The second-order valence-electron chi connectivity index (χ2n) is 9.84. The number of alkyl halides is 3. The van der Waals surface area contributed by atoms with Gasteiger partial charge in [0.1, 0.15) is 0 Å². The first kappa shape index (κ1) is 25.0. The Bertz CT molecular complexity index is 1310. The molecule has 2 saturated heterocycles. The van der Waals surface area contributed by atoms with Crippen molar-refractivity contribution in [2.24, 2.45) is 0 Å². The number of carbonyl (C=O) groups is 2. The Labute approximate surface area is 210 Å². The maximum absolute atomic E-state index is 13.1. The fraction of sp³-hybridized carbons (Fsp3) is 0.370. The molecule has 2 bridgehead atoms. The van der Waals surface area contributed by atoms with E-state index in [0.717, 1.165) is 42.4 Å². The van der Waals surface area contributed by atoms with Crippen LogP contribution in [0.25, 0.3) is 11.1 Å². The fourth-order valence-corrected chi connectivity index (χ4v) is 5.37. The summed E-state index contributed by atoms with van der Waals surface area (Å²) in [6, 6.07) is 14.9. The van der Waals surface area contributed by atoms with Crippen molar-refractivity contribution in [3.05, 3.63) is 71.4 Å². The highest BCUT2D eigenvalue weighted by Crippen LogP contribution is 2.51. The Balaban J connectivity index is 1.26. The van der Waals surface area contributed by atoms with Gasteiger partial charge in [0.25, 0.3) is 5.91 Å². The molecule has 3 fully saturated rings. The number of aromatic nitrogens is 1. The van der Waals surface area contributed by atoms with E-state index in [2.05, 4.69) is 26.9 Å². The summed E-state index contributed by atoms with van der Waals surface area (Å²) in [4.78, 5) is 27.2. The van der Waals surface area contributed by atoms with Crippen LogP contribution in [0.2, 0.25) is 0 Å². The van der Waals surface area contributed by atoms with Crippen molar-refractivity contribution in [3.8, 4) is 11.1 Å². The number of carbonyl (C=O) groups excluding carboxylic acids is 1. The Morgan fingerprint density at radius 2 is 1.59 bits per heavy atom. The Morgan fingerprint density at radius 3 is 2.11 bits per heavy atom. The fourth-order valence-electron chi connectivity index (χ4n) is 5.37. The van der Waals surface area contributed by atoms with Crippen molar-refractivity contribution in [3.63, 3.8) is 0 Å². The molecule has 2 aliphatic heterocycles. The van der Waals surface area contributed by atoms with Gasteiger partial charge in [0.05, 0.1) is 18.6 Å². The van der Waals surface area contributed by atoms with E-state index in [9.17, 15) is 27.9 Å². The highest BCUT2D eigenvalue weighted by molar-refractivity contribution is 6.03. The minimum atomic E-state index is -4.83. The number of aliphatic carboxylic acids is 1. The molecule has 10 heteroatoms. The predicted octanol–water partition coefficient (Wildman–Crippen LogP) is 5.98. The van der Waals surface area contributed by atoms with E-state index in [1.807, 2.05) is 12.1 Å². The molecule has 1 aromatic heterocycles. The SMILES string of the molecule is Cc1nc(C(=O)Nc2ccc(-c3ccc(C45CCC(CC(=O)O)(CC4)OC5)cc3)cc2)c(C(F)(F)F)o1. The Hall–Kier alpha value is -3.66. The number of nitrogens with one attached hydrogen (secondary N) is 1. The van der Waals surface area contributed by atoms with Crippen LogP contribution in [0.3, 0.4) is 0 Å². The Morgan fingerprint density at radius 1 is 1.00 bits per heavy atom. The lowest BCUT2D eigenvalue weighted by Crippen LogP contribution is -2.54. The van der Waals surface area contributed by atoms with Crippen LogP contribution in [0.15, 0.2) is 52.9 Å². The topological polar surface area (TPSA) is 102 Å². The van der Waals surface area contributed by atoms with E-state index in [1.54, 1.807) is 24.3 Å². The van der Waals surface area contributed by atoms with Gasteiger partial charge in [-0.1, -0.05) is 36.4 Å². The number of ether oxygens (including phenoxy) is 1. The number of fused-ring (bicyclic) bond motifs is 3. The molecular weight excluding hydrogens is 489 g/mol. The minimum Gasteiger partial charge on any atom is -0.481 e. The number of amides is 1. The number of carboxylic acids is 1. The van der Waals surface area contributed by atoms with Crippen molar-refractivity contribution in [2.45, 2.75) is 56.2 Å². The first-order valence-corrected chi connectivity index (χ1v) is 11.9. The van der Waals surface area contributed by atoms with Crippen LogP contribution in [-0.4, -0.2) is 34.2 Å². The van der Waals surface area contributed by atoms with Gasteiger partial charge in [-0.15, -0.1) is 0 Å². The molecule has 37 heavy (non-hydrogen) atoms. The Kier molecular flexibility index (Phi) is 6.10. The monoisotopic (exact) mass is 514 g/mol. The number of hydrogen-bond acceptors (Lipinski definition) is 5. The molecular formula is C27H25F3N2O5. The summed E-state index contributed by atoms with van der Waals surface area (Å²) in [5.41, 5.74) is 1.85. The van der Waals surface area contributed by atoms with E-state index in [1.165, 1.54) is 6.92 Å². The van der Waals surface area contributed by atoms with E-state index in [0.29, 0.717) is 12.3 Å². The van der Waals surface area contributed by atoms with E-state index in [-0.39, 0.29) is 17.7 Å². The molecule has 0 spiro atoms. The molecule has 194 valence electrons. The third-order valence-corrected chi connectivity index (χ3v) is 7.43. The molecule has 3 aromatic rings.